The highest BCUT2D eigenvalue weighted by molar-refractivity contribution is 7.99. The first-order valence-electron chi connectivity index (χ1n) is 18.3. The Bertz CT molecular complexity index is 2220. The standard InChI is InChI=1S/C40H42N4O10S/c1-17-9-21-10-23-24(13-41)44-25-14-51-39(48)40(22-12-27(49-5)26(46)11-20(22)7-8-42-40)15-55-38(32(44)31(43(23)4)28(21)33(47)34(17)50-6)30-29(25)37-36(52-16-53-37)18(2)35(30)54-19(3)45/h9,11-12,23-25,31-32,38,42,46-47H,7-8,10,14-16H2,1-6H3/t23-,24-,25-,31-,32+,38?,40?/m0/s1. The van der Waals surface area contributed by atoms with E-state index in [0.717, 1.165) is 16.7 Å². The number of phenols is 2. The monoisotopic (exact) mass is 770 g/mol. The molecule has 1 spiro atoms. The molecule has 3 aromatic carbocycles. The van der Waals surface area contributed by atoms with Crippen molar-refractivity contribution < 1.29 is 48.2 Å². The summed E-state index contributed by atoms with van der Waals surface area (Å²) in [4.78, 5) is 32.0. The van der Waals surface area contributed by atoms with Gasteiger partial charge in [-0.05, 0) is 68.1 Å². The van der Waals surface area contributed by atoms with Crippen LogP contribution >= 0.6 is 11.8 Å². The van der Waals surface area contributed by atoms with Gasteiger partial charge in [-0.25, -0.2) is 4.79 Å². The molecule has 15 heteroatoms. The molecule has 3 aromatic rings. The number of methoxy groups -OCH3 is 2. The highest BCUT2D eigenvalue weighted by Gasteiger charge is 2.62. The fourth-order valence-electron chi connectivity index (χ4n) is 10.2. The van der Waals surface area contributed by atoms with Gasteiger partial charge in [0, 0.05) is 53.6 Å². The number of piperazine rings is 1. The SMILES string of the molecule is COc1cc2c(cc1O)CCNC21CSC2c3c(OC(C)=O)c(C)c4c(c3[C@H](COC1=O)N1[C@@H](C#N)[C@@H]3Cc5cc(C)c(OC)c(O)c5[C@@H]([C@H]21)N3C)OCO4. The average Bonchev–Trinajstić information content (AvgIpc) is 3.65. The molecule has 7 aliphatic heterocycles. The minimum atomic E-state index is -1.36. The van der Waals surface area contributed by atoms with Crippen molar-refractivity contribution in [3.63, 3.8) is 0 Å². The third kappa shape index (κ3) is 4.90. The van der Waals surface area contributed by atoms with Gasteiger partial charge in [0.25, 0.3) is 0 Å². The molecule has 0 aromatic heterocycles. The predicted molar refractivity (Wildman–Crippen MR) is 198 cm³/mol. The number of hydrogen-bond donors (Lipinski definition) is 3. The zero-order valence-electron chi connectivity index (χ0n) is 31.3. The number of carbonyl (C=O) groups is 2. The fourth-order valence-corrected chi connectivity index (χ4v) is 11.9. The Labute approximate surface area is 322 Å². The summed E-state index contributed by atoms with van der Waals surface area (Å²) in [6.07, 6.45) is 1.05. The van der Waals surface area contributed by atoms with Crippen LogP contribution in [0, 0.1) is 25.2 Å². The van der Waals surface area contributed by atoms with Crippen LogP contribution in [0.4, 0.5) is 0 Å². The Morgan fingerprint density at radius 2 is 1.84 bits per heavy atom. The molecule has 10 rings (SSSR count). The number of likely N-dealkylation sites (N-methyl/N-ethyl adjacent to an activating group) is 1. The molecule has 0 amide bonds. The van der Waals surface area contributed by atoms with Crippen molar-refractivity contribution in [3.8, 4) is 46.3 Å². The van der Waals surface area contributed by atoms with Crippen LogP contribution in [0.25, 0.3) is 0 Å². The Morgan fingerprint density at radius 1 is 1.05 bits per heavy atom. The van der Waals surface area contributed by atoms with Gasteiger partial charge in [0.1, 0.15) is 18.4 Å². The Morgan fingerprint density at radius 3 is 2.56 bits per heavy atom. The van der Waals surface area contributed by atoms with E-state index in [-0.39, 0.29) is 42.4 Å². The van der Waals surface area contributed by atoms with Gasteiger partial charge in [-0.3, -0.25) is 19.9 Å². The topological polar surface area (TPSA) is 172 Å². The molecule has 2 saturated heterocycles. The number of rotatable bonds is 3. The smallest absolute Gasteiger partial charge is 0.331 e. The number of nitriles is 1. The first-order valence-corrected chi connectivity index (χ1v) is 19.4. The van der Waals surface area contributed by atoms with Crippen molar-refractivity contribution in [2.75, 3.05) is 47.0 Å². The minimum Gasteiger partial charge on any atom is -0.504 e. The van der Waals surface area contributed by atoms with Crippen molar-refractivity contribution in [1.82, 2.24) is 15.1 Å². The van der Waals surface area contributed by atoms with Crippen LogP contribution < -0.4 is 29.0 Å². The number of aryl methyl sites for hydroxylation is 1. The molecule has 288 valence electrons. The van der Waals surface area contributed by atoms with E-state index in [0.29, 0.717) is 70.2 Å². The van der Waals surface area contributed by atoms with Gasteiger partial charge in [0.15, 0.2) is 40.0 Å². The molecule has 14 nitrogen and oxygen atoms in total. The van der Waals surface area contributed by atoms with E-state index in [4.69, 9.17) is 28.4 Å². The fraction of sp³-hybridized carbons (Fsp3) is 0.475. The highest BCUT2D eigenvalue weighted by Crippen LogP contribution is 2.64. The van der Waals surface area contributed by atoms with Crippen molar-refractivity contribution in [2.45, 2.75) is 74.6 Å². The first-order chi connectivity index (χ1) is 26.4. The van der Waals surface area contributed by atoms with Gasteiger partial charge in [0.2, 0.25) is 6.79 Å². The predicted octanol–water partition coefficient (Wildman–Crippen LogP) is 3.99. The number of benzene rings is 3. The first kappa shape index (κ1) is 35.8. The van der Waals surface area contributed by atoms with E-state index >= 15 is 0 Å². The van der Waals surface area contributed by atoms with Crippen LogP contribution in [-0.2, 0) is 32.7 Å². The maximum absolute atomic E-state index is 14.7. The quantitative estimate of drug-likeness (QED) is 0.258. The summed E-state index contributed by atoms with van der Waals surface area (Å²) in [5.41, 5.74) is 4.41. The maximum atomic E-state index is 14.7. The highest BCUT2D eigenvalue weighted by atomic mass is 32.2. The summed E-state index contributed by atoms with van der Waals surface area (Å²) in [7, 11) is 4.99. The van der Waals surface area contributed by atoms with Crippen molar-refractivity contribution in [3.05, 3.63) is 62.7 Å². The molecular formula is C40H42N4O10S. The lowest BCUT2D eigenvalue weighted by molar-refractivity contribution is -0.157. The van der Waals surface area contributed by atoms with E-state index < -0.39 is 46.9 Å². The van der Waals surface area contributed by atoms with Gasteiger partial charge in [-0.1, -0.05) is 6.07 Å². The van der Waals surface area contributed by atoms with E-state index in [1.54, 1.807) is 12.1 Å². The van der Waals surface area contributed by atoms with Crippen molar-refractivity contribution in [1.29, 1.82) is 5.26 Å². The largest absolute Gasteiger partial charge is 0.504 e. The molecule has 3 N–H and O–H groups in total. The second-order valence-electron chi connectivity index (χ2n) is 15.1. The molecule has 4 bridgehead atoms. The van der Waals surface area contributed by atoms with Crippen molar-refractivity contribution >= 4 is 23.7 Å². The second-order valence-corrected chi connectivity index (χ2v) is 16.2. The van der Waals surface area contributed by atoms with Crippen LogP contribution in [0.1, 0.15) is 68.8 Å². The van der Waals surface area contributed by atoms with E-state index in [1.807, 2.05) is 27.0 Å². The number of nitrogens with one attached hydrogen (secondary N) is 1. The lowest BCUT2D eigenvalue weighted by Gasteiger charge is -2.62. The molecular weight excluding hydrogens is 729 g/mol. The summed E-state index contributed by atoms with van der Waals surface area (Å²) in [6.45, 7) is 5.28. The van der Waals surface area contributed by atoms with Crippen LogP contribution in [0.3, 0.4) is 0 Å². The Balaban J connectivity index is 1.33. The molecule has 7 aliphatic rings. The van der Waals surface area contributed by atoms with E-state index in [2.05, 4.69) is 21.2 Å². The zero-order chi connectivity index (χ0) is 38.7. The number of fused-ring (bicyclic) bond motifs is 9. The van der Waals surface area contributed by atoms with Gasteiger partial charge in [-0.15, -0.1) is 11.8 Å². The summed E-state index contributed by atoms with van der Waals surface area (Å²) in [6, 6.07) is 5.28. The molecule has 7 atom stereocenters. The second kappa shape index (κ2) is 12.8. The Hall–Kier alpha value is -4.88. The molecule has 55 heavy (non-hydrogen) atoms. The molecule has 2 unspecified atom stereocenters. The molecule has 2 fully saturated rings. The number of ether oxygens (including phenoxy) is 6. The Kier molecular flexibility index (Phi) is 8.36. The zero-order valence-corrected chi connectivity index (χ0v) is 32.2. The normalized spacial score (nSPS) is 28.9. The summed E-state index contributed by atoms with van der Waals surface area (Å²) < 4.78 is 36.1. The number of carbonyl (C=O) groups excluding carboxylic acids is 2. The van der Waals surface area contributed by atoms with Crippen LogP contribution in [-0.4, -0.2) is 97.0 Å². The molecule has 0 saturated carbocycles. The number of hydrogen-bond acceptors (Lipinski definition) is 15. The van der Waals surface area contributed by atoms with E-state index in [9.17, 15) is 25.1 Å². The third-order valence-corrected chi connectivity index (χ3v) is 13.9. The van der Waals surface area contributed by atoms with Crippen molar-refractivity contribution in [2.24, 2.45) is 0 Å². The maximum Gasteiger partial charge on any atom is 0.331 e. The summed E-state index contributed by atoms with van der Waals surface area (Å²) >= 11 is 1.48. The number of nitrogens with zero attached hydrogens (tertiary/aromatic N) is 3. The summed E-state index contributed by atoms with van der Waals surface area (Å²) in [5.74, 6) is 0.973. The minimum absolute atomic E-state index is 0.0239. The number of phenolic OH excluding ortho intramolecular Hbond substituents is 2. The van der Waals surface area contributed by atoms with Gasteiger partial charge in [0.05, 0.1) is 37.6 Å². The summed E-state index contributed by atoms with van der Waals surface area (Å²) in [5, 5.41) is 36.9. The number of aromatic hydroxyl groups is 2. The van der Waals surface area contributed by atoms with Crippen LogP contribution in [0.2, 0.25) is 0 Å². The molecule has 0 aliphatic carbocycles. The number of thioether (sulfide) groups is 1. The van der Waals surface area contributed by atoms with Crippen LogP contribution in [0.5, 0.6) is 40.2 Å². The van der Waals surface area contributed by atoms with Gasteiger partial charge >= 0.3 is 11.9 Å². The number of esters is 2. The average molecular weight is 771 g/mol. The molecule has 0 radical (unpaired) electrons. The van der Waals surface area contributed by atoms with Gasteiger partial charge < -0.3 is 38.6 Å². The van der Waals surface area contributed by atoms with Crippen LogP contribution in [0.15, 0.2) is 18.2 Å². The lowest BCUT2D eigenvalue weighted by Crippen LogP contribution is -2.69. The lowest BCUT2D eigenvalue weighted by atomic mass is 9.71. The van der Waals surface area contributed by atoms with Gasteiger partial charge in [-0.2, -0.15) is 5.26 Å². The molecule has 7 heterocycles. The third-order valence-electron chi connectivity index (χ3n) is 12.4. The van der Waals surface area contributed by atoms with E-state index in [1.165, 1.54) is 32.9 Å².